The van der Waals surface area contributed by atoms with Gasteiger partial charge >= 0.3 is 48.2 Å². The molecule has 1 atom stereocenters. The standard InChI is InChI=1S/C17H13F14N3O5/c1-7(35)38-3-2-34-5-9(33-6-34)8(10(36)39-17(30,31)14(22,23)16(27,28)29)4-32-11(37)12(18,19)13(20,21)15(24,25)26/h5-6,8H,2-4H2,1H3,(H,32,37). The number of esters is 2. The zero-order valence-electron chi connectivity index (χ0n) is 18.6. The van der Waals surface area contributed by atoms with Gasteiger partial charge in [-0.2, -0.15) is 61.5 Å². The van der Waals surface area contributed by atoms with Crippen LogP contribution in [-0.2, 0) is 30.4 Å². The molecule has 1 N–H and O–H groups in total. The van der Waals surface area contributed by atoms with Crippen LogP contribution in [0.2, 0.25) is 0 Å². The zero-order chi connectivity index (χ0) is 30.8. The largest absolute Gasteiger partial charge is 0.476 e. The lowest BCUT2D eigenvalue weighted by Gasteiger charge is -2.29. The van der Waals surface area contributed by atoms with E-state index in [0.717, 1.165) is 11.5 Å². The van der Waals surface area contributed by atoms with E-state index in [9.17, 15) is 75.8 Å². The summed E-state index contributed by atoms with van der Waals surface area (Å²) in [6, 6.07) is 0. The van der Waals surface area contributed by atoms with Crippen LogP contribution in [0.1, 0.15) is 18.5 Å². The molecule has 1 aromatic rings. The lowest BCUT2D eigenvalue weighted by atomic mass is 10.1. The van der Waals surface area contributed by atoms with Crippen molar-refractivity contribution in [3.05, 3.63) is 18.2 Å². The maximum Gasteiger partial charge on any atom is 0.476 e. The zero-order valence-corrected chi connectivity index (χ0v) is 18.6. The summed E-state index contributed by atoms with van der Waals surface area (Å²) >= 11 is 0. The summed E-state index contributed by atoms with van der Waals surface area (Å²) in [5.74, 6) is -30.6. The minimum Gasteiger partial charge on any atom is -0.464 e. The molecule has 0 aliphatic rings. The third kappa shape index (κ3) is 7.19. The molecule has 0 bridgehead atoms. The second-order valence-corrected chi connectivity index (χ2v) is 7.30. The molecule has 0 fully saturated rings. The van der Waals surface area contributed by atoms with Gasteiger partial charge in [0.15, 0.2) is 0 Å². The van der Waals surface area contributed by atoms with Crippen molar-refractivity contribution >= 4 is 17.8 Å². The van der Waals surface area contributed by atoms with Gasteiger partial charge in [-0.1, -0.05) is 0 Å². The number of rotatable bonds is 11. The third-order valence-corrected chi connectivity index (χ3v) is 4.40. The van der Waals surface area contributed by atoms with Gasteiger partial charge in [0.2, 0.25) is 0 Å². The molecule has 0 aromatic carbocycles. The Hall–Kier alpha value is -3.36. The van der Waals surface area contributed by atoms with Crippen LogP contribution in [0.15, 0.2) is 12.5 Å². The first kappa shape index (κ1) is 33.7. The Labute approximate surface area is 206 Å². The Balaban J connectivity index is 3.31. The second-order valence-electron chi connectivity index (χ2n) is 7.30. The molecule has 0 radical (unpaired) electrons. The average Bonchev–Trinajstić information content (AvgIpc) is 3.19. The summed E-state index contributed by atoms with van der Waals surface area (Å²) in [7, 11) is 0. The average molecular weight is 605 g/mol. The maximum absolute atomic E-state index is 13.5. The van der Waals surface area contributed by atoms with E-state index < -0.39 is 78.8 Å². The van der Waals surface area contributed by atoms with Crippen molar-refractivity contribution in [1.29, 1.82) is 0 Å². The molecule has 0 saturated heterocycles. The smallest absolute Gasteiger partial charge is 0.464 e. The van der Waals surface area contributed by atoms with Gasteiger partial charge in [0.25, 0.3) is 5.91 Å². The van der Waals surface area contributed by atoms with E-state index in [2.05, 4.69) is 14.5 Å². The number of halogens is 14. The predicted octanol–water partition coefficient (Wildman–Crippen LogP) is 3.81. The summed E-state index contributed by atoms with van der Waals surface area (Å²) < 4.78 is 188. The van der Waals surface area contributed by atoms with Crippen molar-refractivity contribution in [2.75, 3.05) is 13.2 Å². The fourth-order valence-electron chi connectivity index (χ4n) is 2.34. The normalized spacial score (nSPS) is 14.5. The Kier molecular flexibility index (Phi) is 9.51. The van der Waals surface area contributed by atoms with Crippen LogP contribution >= 0.6 is 0 Å². The molecule has 0 aliphatic carbocycles. The summed E-state index contributed by atoms with van der Waals surface area (Å²) in [5, 5.41) is 0.660. The van der Waals surface area contributed by atoms with Crippen molar-refractivity contribution in [2.45, 2.75) is 55.6 Å². The van der Waals surface area contributed by atoms with Gasteiger partial charge < -0.3 is 19.4 Å². The molecule has 0 aliphatic heterocycles. The molecule has 1 unspecified atom stereocenters. The number of imidazole rings is 1. The third-order valence-electron chi connectivity index (χ3n) is 4.40. The van der Waals surface area contributed by atoms with Gasteiger partial charge in [0.1, 0.15) is 12.5 Å². The summed E-state index contributed by atoms with van der Waals surface area (Å²) in [6.45, 7) is -1.83. The molecular weight excluding hydrogens is 592 g/mol. The van der Waals surface area contributed by atoms with E-state index in [1.165, 1.54) is 0 Å². The van der Waals surface area contributed by atoms with Crippen molar-refractivity contribution < 1.29 is 85.3 Å². The van der Waals surface area contributed by atoms with Gasteiger partial charge in [-0.05, 0) is 0 Å². The number of aromatic nitrogens is 2. The van der Waals surface area contributed by atoms with Gasteiger partial charge in [0.05, 0.1) is 18.6 Å². The Morgan fingerprint density at radius 3 is 1.87 bits per heavy atom. The molecule has 1 amide bonds. The van der Waals surface area contributed by atoms with Gasteiger partial charge in [-0.3, -0.25) is 14.4 Å². The first-order valence-electron chi connectivity index (χ1n) is 9.60. The highest BCUT2D eigenvalue weighted by atomic mass is 19.4. The quantitative estimate of drug-likeness (QED) is 0.305. The molecule has 22 heteroatoms. The Morgan fingerprint density at radius 1 is 0.897 bits per heavy atom. The van der Waals surface area contributed by atoms with E-state index >= 15 is 0 Å². The summed E-state index contributed by atoms with van der Waals surface area (Å²) in [4.78, 5) is 37.5. The number of hydrogen-bond acceptors (Lipinski definition) is 6. The molecule has 39 heavy (non-hydrogen) atoms. The fraction of sp³-hybridized carbons (Fsp3) is 0.647. The second kappa shape index (κ2) is 11.0. The maximum atomic E-state index is 13.5. The van der Waals surface area contributed by atoms with Crippen LogP contribution in [-0.4, -0.2) is 76.8 Å². The van der Waals surface area contributed by atoms with Crippen LogP contribution in [0.25, 0.3) is 0 Å². The minimum absolute atomic E-state index is 0.362. The molecule has 1 rings (SSSR count). The molecular formula is C17H13F14N3O5. The number of alkyl halides is 14. The molecule has 224 valence electrons. The summed E-state index contributed by atoms with van der Waals surface area (Å²) in [5.41, 5.74) is -1.03. The van der Waals surface area contributed by atoms with Gasteiger partial charge in [0, 0.05) is 19.7 Å². The highest BCUT2D eigenvalue weighted by Crippen LogP contribution is 2.48. The van der Waals surface area contributed by atoms with Crippen molar-refractivity contribution in [3.8, 4) is 0 Å². The van der Waals surface area contributed by atoms with Crippen LogP contribution in [0.5, 0.6) is 0 Å². The molecule has 0 saturated carbocycles. The molecule has 0 spiro atoms. The van der Waals surface area contributed by atoms with Crippen molar-refractivity contribution in [3.63, 3.8) is 0 Å². The molecule has 1 heterocycles. The summed E-state index contributed by atoms with van der Waals surface area (Å²) in [6.07, 6.45) is -19.4. The van der Waals surface area contributed by atoms with E-state index in [0.29, 0.717) is 17.8 Å². The lowest BCUT2D eigenvalue weighted by Crippen LogP contribution is -2.60. The number of amides is 1. The van der Waals surface area contributed by atoms with Crippen molar-refractivity contribution in [1.82, 2.24) is 14.9 Å². The number of hydrogen-bond donors (Lipinski definition) is 1. The van der Waals surface area contributed by atoms with E-state index in [1.807, 2.05) is 0 Å². The van der Waals surface area contributed by atoms with E-state index in [1.54, 1.807) is 0 Å². The lowest BCUT2D eigenvalue weighted by molar-refractivity contribution is -0.412. The number of nitrogens with one attached hydrogen (secondary N) is 1. The monoisotopic (exact) mass is 605 g/mol. The fourth-order valence-corrected chi connectivity index (χ4v) is 2.34. The topological polar surface area (TPSA) is 99.5 Å². The molecule has 8 nitrogen and oxygen atoms in total. The van der Waals surface area contributed by atoms with Crippen LogP contribution in [0, 0.1) is 0 Å². The van der Waals surface area contributed by atoms with Crippen LogP contribution in [0.4, 0.5) is 61.5 Å². The highest BCUT2D eigenvalue weighted by molar-refractivity contribution is 5.86. The van der Waals surface area contributed by atoms with E-state index in [-0.39, 0.29) is 6.54 Å². The molecule has 1 aromatic heterocycles. The number of carbonyl (C=O) groups is 3. The number of carbonyl (C=O) groups excluding carboxylic acids is 3. The number of nitrogens with zero attached hydrogens (tertiary/aromatic N) is 2. The van der Waals surface area contributed by atoms with Gasteiger partial charge in [-0.25, -0.2) is 4.98 Å². The number of ether oxygens (including phenoxy) is 2. The van der Waals surface area contributed by atoms with Crippen LogP contribution in [0.3, 0.4) is 0 Å². The SMILES string of the molecule is CC(=O)OCCn1cnc(C(CNC(=O)C(F)(F)C(F)(F)C(F)(F)F)C(=O)OC(F)(F)C(F)(F)C(F)(F)F)c1. The van der Waals surface area contributed by atoms with Gasteiger partial charge in [-0.15, -0.1) is 0 Å². The predicted molar refractivity (Wildman–Crippen MR) is 92.6 cm³/mol. The Morgan fingerprint density at radius 2 is 1.41 bits per heavy atom. The minimum atomic E-state index is -7.03. The van der Waals surface area contributed by atoms with Crippen LogP contribution < -0.4 is 5.32 Å². The Bertz CT molecular complexity index is 1050. The highest BCUT2D eigenvalue weighted by Gasteiger charge is 2.77. The van der Waals surface area contributed by atoms with Crippen molar-refractivity contribution in [2.24, 2.45) is 0 Å². The van der Waals surface area contributed by atoms with E-state index in [4.69, 9.17) is 0 Å². The first-order chi connectivity index (χ1) is 17.3. The first-order valence-corrected chi connectivity index (χ1v) is 9.60.